The predicted octanol–water partition coefficient (Wildman–Crippen LogP) is -0.356. The molecule has 0 radical (unpaired) electrons. The van der Waals surface area contributed by atoms with Crippen LogP contribution in [-0.2, 0) is 0 Å². The standard InChI is InChI=1S/C13H9N3O3S.BrH/c1-8-5-12(17)14-13-15(8)11(7-20-13)9-3-2-4-10(6-9)16(18)19;/h2-7H,1H3;1H/p-1. The largest absolute Gasteiger partial charge is 1.00 e. The first-order chi connectivity index (χ1) is 9.56. The maximum atomic E-state index is 11.4. The Morgan fingerprint density at radius 3 is 2.81 bits per heavy atom. The molecule has 3 rings (SSSR count). The first-order valence-electron chi connectivity index (χ1n) is 5.79. The fraction of sp³-hybridized carbons (Fsp3) is 0.0769. The van der Waals surface area contributed by atoms with E-state index in [0.717, 1.165) is 17.0 Å². The SMILES string of the molecule is Cc1cc(=O)nc2scc(-c3cccc([N+](=O)[O-])c3)n12.[Br-]. The van der Waals surface area contributed by atoms with E-state index in [1.807, 2.05) is 16.7 Å². The van der Waals surface area contributed by atoms with Gasteiger partial charge in [-0.1, -0.05) is 12.1 Å². The van der Waals surface area contributed by atoms with Gasteiger partial charge < -0.3 is 17.0 Å². The van der Waals surface area contributed by atoms with Gasteiger partial charge in [0.2, 0.25) is 0 Å². The first kappa shape index (κ1) is 15.3. The third-order valence-electron chi connectivity index (χ3n) is 2.95. The van der Waals surface area contributed by atoms with E-state index in [1.165, 1.54) is 29.5 Å². The lowest BCUT2D eigenvalue weighted by Gasteiger charge is -2.04. The minimum absolute atomic E-state index is 0. The second kappa shape index (κ2) is 5.74. The second-order valence-electron chi connectivity index (χ2n) is 4.28. The molecule has 0 atom stereocenters. The number of aryl methyl sites for hydroxylation is 1. The Hall–Kier alpha value is -2.06. The van der Waals surface area contributed by atoms with Gasteiger partial charge >= 0.3 is 0 Å². The van der Waals surface area contributed by atoms with Crippen molar-refractivity contribution in [1.82, 2.24) is 9.38 Å². The Balaban J connectivity index is 0.00000161. The summed E-state index contributed by atoms with van der Waals surface area (Å²) >= 11 is 1.33. The summed E-state index contributed by atoms with van der Waals surface area (Å²) in [6.07, 6.45) is 0. The van der Waals surface area contributed by atoms with Crippen molar-refractivity contribution in [3.8, 4) is 11.3 Å². The van der Waals surface area contributed by atoms with E-state index in [0.29, 0.717) is 4.96 Å². The minimum atomic E-state index is -0.427. The van der Waals surface area contributed by atoms with Crippen molar-refractivity contribution in [1.29, 1.82) is 0 Å². The zero-order valence-corrected chi connectivity index (χ0v) is 13.2. The van der Waals surface area contributed by atoms with Crippen LogP contribution in [0.2, 0.25) is 0 Å². The highest BCUT2D eigenvalue weighted by Crippen LogP contribution is 2.28. The summed E-state index contributed by atoms with van der Waals surface area (Å²) in [7, 11) is 0. The second-order valence-corrected chi connectivity index (χ2v) is 5.12. The topological polar surface area (TPSA) is 77.5 Å². The van der Waals surface area contributed by atoms with Crippen LogP contribution in [0.25, 0.3) is 16.2 Å². The average Bonchev–Trinajstić information content (AvgIpc) is 2.82. The van der Waals surface area contributed by atoms with Crippen LogP contribution in [0.15, 0.2) is 40.5 Å². The van der Waals surface area contributed by atoms with Crippen molar-refractivity contribution in [2.24, 2.45) is 0 Å². The smallest absolute Gasteiger partial charge is 0.274 e. The third kappa shape index (κ3) is 2.72. The lowest BCUT2D eigenvalue weighted by molar-refractivity contribution is -0.384. The van der Waals surface area contributed by atoms with Crippen molar-refractivity contribution in [2.75, 3.05) is 0 Å². The summed E-state index contributed by atoms with van der Waals surface area (Å²) in [5, 5.41) is 12.7. The molecule has 21 heavy (non-hydrogen) atoms. The van der Waals surface area contributed by atoms with Crippen molar-refractivity contribution in [2.45, 2.75) is 6.92 Å². The molecule has 108 valence electrons. The number of rotatable bonds is 2. The van der Waals surface area contributed by atoms with Crippen LogP contribution in [0.3, 0.4) is 0 Å². The number of hydrogen-bond donors (Lipinski definition) is 0. The first-order valence-corrected chi connectivity index (χ1v) is 6.67. The minimum Gasteiger partial charge on any atom is -1.00 e. The highest BCUT2D eigenvalue weighted by Gasteiger charge is 2.12. The highest BCUT2D eigenvalue weighted by molar-refractivity contribution is 7.15. The molecule has 0 unspecified atom stereocenters. The number of nitrogens with zero attached hydrogens (tertiary/aromatic N) is 3. The van der Waals surface area contributed by atoms with Crippen LogP contribution < -0.4 is 22.5 Å². The number of nitro groups is 1. The normalized spacial score (nSPS) is 10.3. The molecular formula is C13H9BrN3O3S-. The van der Waals surface area contributed by atoms with Gasteiger partial charge in [-0.2, -0.15) is 4.98 Å². The number of fused-ring (bicyclic) bond motifs is 1. The summed E-state index contributed by atoms with van der Waals surface area (Å²) in [5.74, 6) is 0. The van der Waals surface area contributed by atoms with E-state index in [9.17, 15) is 14.9 Å². The van der Waals surface area contributed by atoms with Gasteiger partial charge in [-0.25, -0.2) is 0 Å². The maximum absolute atomic E-state index is 11.4. The molecule has 0 aliphatic rings. The number of nitro benzene ring substituents is 1. The van der Waals surface area contributed by atoms with E-state index in [1.54, 1.807) is 12.1 Å². The van der Waals surface area contributed by atoms with Gasteiger partial charge in [-0.05, 0) is 6.92 Å². The van der Waals surface area contributed by atoms with E-state index >= 15 is 0 Å². The number of benzene rings is 1. The van der Waals surface area contributed by atoms with Crippen molar-refractivity contribution in [3.05, 3.63) is 61.9 Å². The molecule has 0 fully saturated rings. The zero-order chi connectivity index (χ0) is 14.3. The quantitative estimate of drug-likeness (QED) is 0.458. The Kier molecular flexibility index (Phi) is 4.19. The molecule has 1 aromatic carbocycles. The molecule has 0 saturated carbocycles. The zero-order valence-electron chi connectivity index (χ0n) is 10.8. The molecule has 2 aromatic heterocycles. The van der Waals surface area contributed by atoms with Crippen LogP contribution in [-0.4, -0.2) is 14.3 Å². The van der Waals surface area contributed by atoms with E-state index in [4.69, 9.17) is 0 Å². The molecule has 0 bridgehead atoms. The fourth-order valence-electron chi connectivity index (χ4n) is 2.08. The van der Waals surface area contributed by atoms with Gasteiger partial charge in [0.25, 0.3) is 11.2 Å². The molecule has 0 saturated heterocycles. The summed E-state index contributed by atoms with van der Waals surface area (Å²) in [4.78, 5) is 26.3. The maximum Gasteiger partial charge on any atom is 0.274 e. The van der Waals surface area contributed by atoms with Crippen LogP contribution in [0.1, 0.15) is 5.69 Å². The van der Waals surface area contributed by atoms with Crippen LogP contribution in [0, 0.1) is 17.0 Å². The predicted molar refractivity (Wildman–Crippen MR) is 76.2 cm³/mol. The monoisotopic (exact) mass is 366 g/mol. The van der Waals surface area contributed by atoms with Crippen molar-refractivity contribution >= 4 is 22.0 Å². The van der Waals surface area contributed by atoms with Gasteiger partial charge in [-0.3, -0.25) is 19.3 Å². The third-order valence-corrected chi connectivity index (χ3v) is 3.78. The summed E-state index contributed by atoms with van der Waals surface area (Å²) < 4.78 is 1.82. The molecule has 0 spiro atoms. The Morgan fingerprint density at radius 2 is 2.10 bits per heavy atom. The number of hydrogen-bond acceptors (Lipinski definition) is 5. The lowest BCUT2D eigenvalue weighted by atomic mass is 10.1. The Morgan fingerprint density at radius 1 is 1.33 bits per heavy atom. The van der Waals surface area contributed by atoms with Gasteiger partial charge in [0.1, 0.15) is 0 Å². The molecule has 0 N–H and O–H groups in total. The Bertz CT molecular complexity index is 888. The van der Waals surface area contributed by atoms with Gasteiger partial charge in [-0.15, -0.1) is 11.3 Å². The van der Waals surface area contributed by atoms with Crippen LogP contribution in [0.4, 0.5) is 5.69 Å². The lowest BCUT2D eigenvalue weighted by Crippen LogP contribution is -3.00. The molecule has 0 aliphatic carbocycles. The van der Waals surface area contributed by atoms with Crippen LogP contribution in [0.5, 0.6) is 0 Å². The average molecular weight is 367 g/mol. The fourth-order valence-corrected chi connectivity index (χ4v) is 3.03. The summed E-state index contributed by atoms with van der Waals surface area (Å²) in [5.41, 5.74) is 2.02. The van der Waals surface area contributed by atoms with Gasteiger partial charge in [0.15, 0.2) is 4.96 Å². The van der Waals surface area contributed by atoms with E-state index in [-0.39, 0.29) is 28.2 Å². The molecule has 0 aliphatic heterocycles. The Labute approximate surface area is 133 Å². The summed E-state index contributed by atoms with van der Waals surface area (Å²) in [6.45, 7) is 1.81. The summed E-state index contributed by atoms with van der Waals surface area (Å²) in [6, 6.07) is 7.84. The van der Waals surface area contributed by atoms with E-state index in [2.05, 4.69) is 4.98 Å². The number of halogens is 1. The van der Waals surface area contributed by atoms with Crippen LogP contribution >= 0.6 is 11.3 Å². The van der Waals surface area contributed by atoms with Crippen molar-refractivity contribution < 1.29 is 21.9 Å². The molecule has 0 amide bonds. The number of aromatic nitrogens is 2. The molecule has 6 nitrogen and oxygen atoms in total. The number of thiazole rings is 1. The van der Waals surface area contributed by atoms with Crippen molar-refractivity contribution in [3.63, 3.8) is 0 Å². The van der Waals surface area contributed by atoms with Gasteiger partial charge in [0, 0.05) is 34.8 Å². The van der Waals surface area contributed by atoms with Gasteiger partial charge in [0.05, 0.1) is 10.6 Å². The molecular weight excluding hydrogens is 358 g/mol. The highest BCUT2D eigenvalue weighted by atomic mass is 79.9. The molecule has 3 aromatic rings. The van der Waals surface area contributed by atoms with E-state index < -0.39 is 4.92 Å². The number of non-ortho nitro benzene ring substituents is 1. The molecule has 8 heteroatoms. The molecule has 2 heterocycles.